The zero-order valence-electron chi connectivity index (χ0n) is 18.2. The minimum Gasteiger partial charge on any atom is -0.497 e. The zero-order chi connectivity index (χ0) is 23.4. The van der Waals surface area contributed by atoms with Gasteiger partial charge in [0.05, 0.1) is 14.2 Å². The van der Waals surface area contributed by atoms with Gasteiger partial charge in [-0.15, -0.1) is 0 Å². The van der Waals surface area contributed by atoms with Crippen LogP contribution in [0.4, 0.5) is 4.39 Å². The first-order chi connectivity index (χ1) is 16.0. The molecule has 2 aromatic carbocycles. The topological polar surface area (TPSA) is 109 Å². The predicted octanol–water partition coefficient (Wildman–Crippen LogP) is 3.44. The molecule has 33 heavy (non-hydrogen) atoms. The lowest BCUT2D eigenvalue weighted by Crippen LogP contribution is -2.28. The van der Waals surface area contributed by atoms with Crippen LogP contribution in [0.15, 0.2) is 47.0 Å². The molecule has 0 bridgehead atoms. The molecule has 9 nitrogen and oxygen atoms in total. The first-order valence-electron chi connectivity index (χ1n) is 9.99. The molecular weight excluding hydrogens is 431 g/mol. The Morgan fingerprint density at radius 3 is 2.73 bits per heavy atom. The minimum absolute atomic E-state index is 0.118. The van der Waals surface area contributed by atoms with Crippen molar-refractivity contribution in [3.8, 4) is 28.6 Å². The molecular formula is C23H21FN4O5. The molecule has 0 atom stereocenters. The normalized spacial score (nSPS) is 10.8. The van der Waals surface area contributed by atoms with Crippen LogP contribution in [0, 0.1) is 12.7 Å². The number of amides is 1. The van der Waals surface area contributed by atoms with Crippen molar-refractivity contribution in [2.75, 3.05) is 20.8 Å². The standard InChI is InChI=1S/C23H21FN4O5/c1-13-26-22(20-21(28-33-23(20)27-13)14-5-4-6-16(24)9-14)32-12-19(29)25-11-15-10-17(30-2)7-8-18(15)31-3/h4-10H,11-12H2,1-3H3,(H,25,29). The monoisotopic (exact) mass is 452 g/mol. The fraction of sp³-hybridized carbons (Fsp3) is 0.217. The molecule has 4 rings (SSSR count). The molecule has 0 aliphatic rings. The molecule has 0 unspecified atom stereocenters. The van der Waals surface area contributed by atoms with E-state index in [0.717, 1.165) is 5.56 Å². The van der Waals surface area contributed by atoms with Crippen LogP contribution in [0.2, 0.25) is 0 Å². The summed E-state index contributed by atoms with van der Waals surface area (Å²) in [4.78, 5) is 20.9. The third-order valence-corrected chi connectivity index (χ3v) is 4.82. The van der Waals surface area contributed by atoms with Crippen LogP contribution in [-0.4, -0.2) is 41.9 Å². The number of hydrogen-bond donors (Lipinski definition) is 1. The molecule has 4 aromatic rings. The molecule has 0 aliphatic heterocycles. The Morgan fingerprint density at radius 1 is 1.12 bits per heavy atom. The highest BCUT2D eigenvalue weighted by Crippen LogP contribution is 2.33. The second-order valence-electron chi connectivity index (χ2n) is 7.04. The lowest BCUT2D eigenvalue weighted by molar-refractivity contribution is -0.123. The van der Waals surface area contributed by atoms with Gasteiger partial charge in [-0.05, 0) is 37.3 Å². The van der Waals surface area contributed by atoms with Crippen LogP contribution in [0.25, 0.3) is 22.4 Å². The highest BCUT2D eigenvalue weighted by atomic mass is 19.1. The molecule has 2 aromatic heterocycles. The van der Waals surface area contributed by atoms with Gasteiger partial charge < -0.3 is 24.1 Å². The van der Waals surface area contributed by atoms with Crippen molar-refractivity contribution >= 4 is 17.0 Å². The van der Waals surface area contributed by atoms with Crippen LogP contribution in [0.3, 0.4) is 0 Å². The number of aryl methyl sites for hydroxylation is 1. The maximum atomic E-state index is 13.7. The van der Waals surface area contributed by atoms with Crippen molar-refractivity contribution in [2.24, 2.45) is 0 Å². The number of ether oxygens (including phenoxy) is 3. The number of rotatable bonds is 8. The summed E-state index contributed by atoms with van der Waals surface area (Å²) in [6.45, 7) is 1.56. The first kappa shape index (κ1) is 22.0. The number of aromatic nitrogens is 3. The van der Waals surface area contributed by atoms with E-state index in [9.17, 15) is 9.18 Å². The lowest BCUT2D eigenvalue weighted by atomic mass is 10.1. The summed E-state index contributed by atoms with van der Waals surface area (Å²) in [6.07, 6.45) is 0. The summed E-state index contributed by atoms with van der Waals surface area (Å²) in [7, 11) is 3.11. The van der Waals surface area contributed by atoms with Gasteiger partial charge in [0.25, 0.3) is 11.6 Å². The van der Waals surface area contributed by atoms with E-state index in [2.05, 4.69) is 20.4 Å². The highest BCUT2D eigenvalue weighted by Gasteiger charge is 2.20. The van der Waals surface area contributed by atoms with Gasteiger partial charge in [0.15, 0.2) is 6.61 Å². The quantitative estimate of drug-likeness (QED) is 0.433. The van der Waals surface area contributed by atoms with E-state index >= 15 is 0 Å². The smallest absolute Gasteiger partial charge is 0.265 e. The number of fused-ring (bicyclic) bond motifs is 1. The van der Waals surface area contributed by atoms with Crippen molar-refractivity contribution in [3.05, 3.63) is 59.7 Å². The molecule has 170 valence electrons. The van der Waals surface area contributed by atoms with E-state index in [1.54, 1.807) is 51.5 Å². The Morgan fingerprint density at radius 2 is 1.97 bits per heavy atom. The maximum absolute atomic E-state index is 13.7. The second kappa shape index (κ2) is 9.51. The molecule has 0 aliphatic carbocycles. The van der Waals surface area contributed by atoms with E-state index in [-0.39, 0.29) is 30.7 Å². The highest BCUT2D eigenvalue weighted by molar-refractivity contribution is 5.93. The predicted molar refractivity (Wildman–Crippen MR) is 117 cm³/mol. The summed E-state index contributed by atoms with van der Waals surface area (Å²) >= 11 is 0. The van der Waals surface area contributed by atoms with E-state index < -0.39 is 5.82 Å². The lowest BCUT2D eigenvalue weighted by Gasteiger charge is -2.12. The average Bonchev–Trinajstić information content (AvgIpc) is 3.24. The molecule has 0 fully saturated rings. The van der Waals surface area contributed by atoms with E-state index in [4.69, 9.17) is 18.7 Å². The third-order valence-electron chi connectivity index (χ3n) is 4.82. The van der Waals surface area contributed by atoms with Crippen molar-refractivity contribution < 1.29 is 27.9 Å². The molecule has 10 heteroatoms. The maximum Gasteiger partial charge on any atom is 0.265 e. The SMILES string of the molecule is COc1ccc(OC)c(CNC(=O)COc2nc(C)nc3onc(-c4cccc(F)c4)c23)c1. The number of carbonyl (C=O) groups excluding carboxylic acids is 1. The molecule has 2 heterocycles. The molecule has 1 N–H and O–H groups in total. The Balaban J connectivity index is 1.51. The molecule has 0 spiro atoms. The van der Waals surface area contributed by atoms with Crippen LogP contribution < -0.4 is 19.5 Å². The van der Waals surface area contributed by atoms with E-state index in [1.165, 1.54) is 12.1 Å². The van der Waals surface area contributed by atoms with Gasteiger partial charge >= 0.3 is 0 Å². The molecule has 0 saturated carbocycles. The van der Waals surface area contributed by atoms with Gasteiger partial charge in [-0.3, -0.25) is 4.79 Å². The van der Waals surface area contributed by atoms with Crippen molar-refractivity contribution in [1.29, 1.82) is 0 Å². The Labute approximate surface area is 188 Å². The molecule has 0 radical (unpaired) electrons. The summed E-state index contributed by atoms with van der Waals surface area (Å²) in [6, 6.07) is 11.2. The summed E-state index contributed by atoms with van der Waals surface area (Å²) in [5, 5.41) is 7.13. The van der Waals surface area contributed by atoms with E-state index in [1.807, 2.05) is 0 Å². The second-order valence-corrected chi connectivity index (χ2v) is 7.04. The van der Waals surface area contributed by atoms with Crippen molar-refractivity contribution in [1.82, 2.24) is 20.4 Å². The van der Waals surface area contributed by atoms with Crippen LogP contribution in [0.1, 0.15) is 11.4 Å². The van der Waals surface area contributed by atoms with Crippen molar-refractivity contribution in [3.63, 3.8) is 0 Å². The fourth-order valence-corrected chi connectivity index (χ4v) is 3.26. The third kappa shape index (κ3) is 4.84. The van der Waals surface area contributed by atoms with Gasteiger partial charge in [0, 0.05) is 17.7 Å². The van der Waals surface area contributed by atoms with Gasteiger partial charge in [0.1, 0.15) is 34.2 Å². The zero-order valence-corrected chi connectivity index (χ0v) is 18.2. The van der Waals surface area contributed by atoms with Gasteiger partial charge in [-0.2, -0.15) is 9.97 Å². The minimum atomic E-state index is -0.425. The number of methoxy groups -OCH3 is 2. The first-order valence-corrected chi connectivity index (χ1v) is 9.99. The van der Waals surface area contributed by atoms with Crippen LogP contribution in [0.5, 0.6) is 17.4 Å². The van der Waals surface area contributed by atoms with Crippen LogP contribution in [-0.2, 0) is 11.3 Å². The van der Waals surface area contributed by atoms with Crippen LogP contribution >= 0.6 is 0 Å². The number of benzene rings is 2. The molecule has 1 amide bonds. The number of halogens is 1. The number of hydrogen-bond acceptors (Lipinski definition) is 8. The largest absolute Gasteiger partial charge is 0.497 e. The molecule has 0 saturated heterocycles. The Hall–Kier alpha value is -4.21. The van der Waals surface area contributed by atoms with Gasteiger partial charge in [0.2, 0.25) is 5.88 Å². The van der Waals surface area contributed by atoms with Gasteiger partial charge in [-0.25, -0.2) is 4.39 Å². The number of nitrogens with one attached hydrogen (secondary N) is 1. The average molecular weight is 452 g/mol. The number of nitrogens with zero attached hydrogens (tertiary/aromatic N) is 3. The number of carbonyl (C=O) groups is 1. The summed E-state index contributed by atoms with van der Waals surface area (Å²) in [5.41, 5.74) is 1.72. The summed E-state index contributed by atoms with van der Waals surface area (Å²) in [5.74, 6) is 0.953. The van der Waals surface area contributed by atoms with Gasteiger partial charge in [-0.1, -0.05) is 17.3 Å². The van der Waals surface area contributed by atoms with Crippen molar-refractivity contribution in [2.45, 2.75) is 13.5 Å². The fourth-order valence-electron chi connectivity index (χ4n) is 3.26. The summed E-state index contributed by atoms with van der Waals surface area (Å²) < 4.78 is 35.2. The van der Waals surface area contributed by atoms with E-state index in [0.29, 0.717) is 34.0 Å². The Kier molecular flexibility index (Phi) is 6.34. The Bertz CT molecular complexity index is 1310.